The largest absolute Gasteiger partial charge is 0.507 e. The van der Waals surface area contributed by atoms with Crippen LogP contribution in [-0.4, -0.2) is 31.0 Å². The molecule has 0 amide bonds. The molecule has 1 aliphatic rings. The number of ether oxygens (including phenoxy) is 2. The molecule has 4 nitrogen and oxygen atoms in total. The van der Waals surface area contributed by atoms with Gasteiger partial charge in [0.05, 0.1) is 12.7 Å². The van der Waals surface area contributed by atoms with Gasteiger partial charge in [-0.15, -0.1) is 0 Å². The Labute approximate surface area is 114 Å². The van der Waals surface area contributed by atoms with E-state index < -0.39 is 0 Å². The van der Waals surface area contributed by atoms with Crippen molar-refractivity contribution < 1.29 is 14.6 Å². The van der Waals surface area contributed by atoms with Gasteiger partial charge in [0.1, 0.15) is 11.5 Å². The minimum absolute atomic E-state index is 0.0731. The van der Waals surface area contributed by atoms with Crippen LogP contribution in [0.4, 0.5) is 0 Å². The van der Waals surface area contributed by atoms with Gasteiger partial charge in [0, 0.05) is 30.8 Å². The molecule has 2 atom stereocenters. The Morgan fingerprint density at radius 2 is 2.32 bits per heavy atom. The maximum Gasteiger partial charge on any atom is 0.124 e. The summed E-state index contributed by atoms with van der Waals surface area (Å²) in [6.07, 6.45) is 2.21. The summed E-state index contributed by atoms with van der Waals surface area (Å²) in [6, 6.07) is 5.47. The lowest BCUT2D eigenvalue weighted by Gasteiger charge is -2.26. The third kappa shape index (κ3) is 3.39. The first-order valence-electron chi connectivity index (χ1n) is 6.78. The van der Waals surface area contributed by atoms with Crippen LogP contribution in [0.15, 0.2) is 18.2 Å². The van der Waals surface area contributed by atoms with Crippen LogP contribution in [0.2, 0.25) is 0 Å². The van der Waals surface area contributed by atoms with Crippen molar-refractivity contribution in [1.29, 1.82) is 0 Å². The summed E-state index contributed by atoms with van der Waals surface area (Å²) in [5.41, 5.74) is 0.804. The number of aromatic hydroxyl groups is 1. The molecule has 1 fully saturated rings. The lowest BCUT2D eigenvalue weighted by Crippen LogP contribution is -2.38. The fourth-order valence-electron chi connectivity index (χ4n) is 2.47. The van der Waals surface area contributed by atoms with Crippen LogP contribution >= 0.6 is 0 Å². The molecule has 19 heavy (non-hydrogen) atoms. The molecule has 0 bridgehead atoms. The number of rotatable bonds is 5. The first-order valence-corrected chi connectivity index (χ1v) is 6.78. The van der Waals surface area contributed by atoms with Gasteiger partial charge in [-0.25, -0.2) is 0 Å². The molecule has 2 rings (SSSR count). The summed E-state index contributed by atoms with van der Waals surface area (Å²) >= 11 is 0. The average molecular weight is 265 g/mol. The average Bonchev–Trinajstić information content (AvgIpc) is 2.83. The van der Waals surface area contributed by atoms with E-state index in [0.29, 0.717) is 5.75 Å². The van der Waals surface area contributed by atoms with Crippen molar-refractivity contribution in [3.05, 3.63) is 23.8 Å². The molecule has 0 saturated carbocycles. The van der Waals surface area contributed by atoms with E-state index >= 15 is 0 Å². The Balaban J connectivity index is 1.97. The van der Waals surface area contributed by atoms with Crippen molar-refractivity contribution >= 4 is 0 Å². The Bertz CT molecular complexity index is 427. The summed E-state index contributed by atoms with van der Waals surface area (Å²) in [5, 5.41) is 13.4. The molecule has 4 heteroatoms. The van der Waals surface area contributed by atoms with Crippen molar-refractivity contribution in [2.45, 2.75) is 38.3 Å². The van der Waals surface area contributed by atoms with E-state index in [2.05, 4.69) is 12.2 Å². The molecule has 0 radical (unpaired) electrons. The molecule has 1 aromatic carbocycles. The van der Waals surface area contributed by atoms with E-state index in [-0.39, 0.29) is 17.4 Å². The van der Waals surface area contributed by atoms with Crippen molar-refractivity contribution in [2.75, 3.05) is 20.3 Å². The lowest BCUT2D eigenvalue weighted by molar-refractivity contribution is 0.0190. The molecule has 1 heterocycles. The predicted octanol–water partition coefficient (Wildman–Crippen LogP) is 2.62. The van der Waals surface area contributed by atoms with Gasteiger partial charge in [-0.05, 0) is 32.8 Å². The molecule has 2 unspecified atom stereocenters. The van der Waals surface area contributed by atoms with E-state index in [4.69, 9.17) is 9.47 Å². The monoisotopic (exact) mass is 265 g/mol. The van der Waals surface area contributed by atoms with Gasteiger partial charge in [0.2, 0.25) is 0 Å². The summed E-state index contributed by atoms with van der Waals surface area (Å²) < 4.78 is 10.8. The highest BCUT2D eigenvalue weighted by atomic mass is 16.5. The fraction of sp³-hybridized carbons (Fsp3) is 0.600. The third-order valence-electron chi connectivity index (χ3n) is 3.79. The van der Waals surface area contributed by atoms with E-state index in [0.717, 1.165) is 31.6 Å². The van der Waals surface area contributed by atoms with Gasteiger partial charge in [0.15, 0.2) is 0 Å². The quantitative estimate of drug-likeness (QED) is 0.859. The van der Waals surface area contributed by atoms with Crippen LogP contribution in [-0.2, 0) is 4.74 Å². The molecule has 2 N–H and O–H groups in total. The zero-order valence-corrected chi connectivity index (χ0v) is 11.9. The van der Waals surface area contributed by atoms with Crippen LogP contribution in [0.3, 0.4) is 0 Å². The van der Waals surface area contributed by atoms with Crippen molar-refractivity contribution in [2.24, 2.45) is 0 Å². The first-order chi connectivity index (χ1) is 9.04. The number of methoxy groups -OCH3 is 1. The third-order valence-corrected chi connectivity index (χ3v) is 3.79. The number of hydrogen-bond acceptors (Lipinski definition) is 4. The highest BCUT2D eigenvalue weighted by Crippen LogP contribution is 2.29. The molecule has 0 aliphatic carbocycles. The number of phenols is 1. The molecule has 1 aliphatic heterocycles. The van der Waals surface area contributed by atoms with E-state index in [9.17, 15) is 5.11 Å². The second kappa shape index (κ2) is 5.80. The summed E-state index contributed by atoms with van der Waals surface area (Å²) in [5.74, 6) is 0.927. The van der Waals surface area contributed by atoms with E-state index in [1.54, 1.807) is 13.2 Å². The van der Waals surface area contributed by atoms with Gasteiger partial charge in [-0.1, -0.05) is 6.07 Å². The number of phenolic OH excluding ortho intramolecular Hbond substituents is 1. The summed E-state index contributed by atoms with van der Waals surface area (Å²) in [4.78, 5) is 0. The van der Waals surface area contributed by atoms with E-state index in [1.165, 1.54) is 0 Å². The van der Waals surface area contributed by atoms with Gasteiger partial charge in [-0.3, -0.25) is 0 Å². The maximum absolute atomic E-state index is 10.00. The van der Waals surface area contributed by atoms with Gasteiger partial charge < -0.3 is 19.9 Å². The first kappa shape index (κ1) is 14.2. The van der Waals surface area contributed by atoms with Crippen molar-refractivity contribution in [1.82, 2.24) is 5.32 Å². The molecule has 1 aromatic rings. The Morgan fingerprint density at radius 3 is 2.89 bits per heavy atom. The van der Waals surface area contributed by atoms with Gasteiger partial charge in [-0.2, -0.15) is 0 Å². The molecule has 0 aromatic heterocycles. The van der Waals surface area contributed by atoms with Crippen LogP contribution < -0.4 is 10.1 Å². The van der Waals surface area contributed by atoms with Crippen LogP contribution in [0.5, 0.6) is 11.5 Å². The molecule has 0 spiro atoms. The predicted molar refractivity (Wildman–Crippen MR) is 74.7 cm³/mol. The minimum Gasteiger partial charge on any atom is -0.507 e. The molecular formula is C15H23NO3. The van der Waals surface area contributed by atoms with Crippen LogP contribution in [0.1, 0.15) is 38.3 Å². The second-order valence-electron chi connectivity index (χ2n) is 5.43. The molecule has 106 valence electrons. The number of nitrogens with one attached hydrogen (secondary N) is 1. The number of hydrogen-bond donors (Lipinski definition) is 2. The lowest BCUT2D eigenvalue weighted by atomic mass is 10.0. The highest BCUT2D eigenvalue weighted by molar-refractivity contribution is 5.41. The van der Waals surface area contributed by atoms with Crippen molar-refractivity contribution in [3.63, 3.8) is 0 Å². The minimum atomic E-state index is -0.0731. The summed E-state index contributed by atoms with van der Waals surface area (Å²) in [7, 11) is 1.59. The van der Waals surface area contributed by atoms with Crippen LogP contribution in [0.25, 0.3) is 0 Å². The number of benzene rings is 1. The van der Waals surface area contributed by atoms with Crippen LogP contribution in [0, 0.1) is 0 Å². The zero-order valence-electron chi connectivity index (χ0n) is 11.9. The highest BCUT2D eigenvalue weighted by Gasteiger charge is 2.30. The van der Waals surface area contributed by atoms with Crippen molar-refractivity contribution in [3.8, 4) is 11.5 Å². The van der Waals surface area contributed by atoms with Gasteiger partial charge >= 0.3 is 0 Å². The Hall–Kier alpha value is -1.26. The van der Waals surface area contributed by atoms with E-state index in [1.807, 2.05) is 19.1 Å². The SMILES string of the molecule is COc1ccc(C(C)NCC2(C)CCCO2)c(O)c1. The second-order valence-corrected chi connectivity index (χ2v) is 5.43. The Kier molecular flexibility index (Phi) is 4.32. The molecular weight excluding hydrogens is 242 g/mol. The molecule has 1 saturated heterocycles. The fourth-order valence-corrected chi connectivity index (χ4v) is 2.47. The zero-order chi connectivity index (χ0) is 13.9. The summed E-state index contributed by atoms with van der Waals surface area (Å²) in [6.45, 7) is 5.81. The maximum atomic E-state index is 10.00. The Morgan fingerprint density at radius 1 is 1.53 bits per heavy atom. The normalized spacial score (nSPS) is 24.4. The standard InChI is InChI=1S/C15H23NO3/c1-11(16-10-15(2)7-4-8-19-15)13-6-5-12(18-3)9-14(13)17/h5-6,9,11,16-17H,4,7-8,10H2,1-3H3. The van der Waals surface area contributed by atoms with Gasteiger partial charge in [0.25, 0.3) is 0 Å². The topological polar surface area (TPSA) is 50.7 Å². The smallest absolute Gasteiger partial charge is 0.124 e.